The van der Waals surface area contributed by atoms with Gasteiger partial charge in [0.2, 0.25) is 5.91 Å². The van der Waals surface area contributed by atoms with Gasteiger partial charge in [-0.05, 0) is 43.2 Å². The Morgan fingerprint density at radius 3 is 2.93 bits per heavy atom. The van der Waals surface area contributed by atoms with Gasteiger partial charge in [-0.1, -0.05) is 17.8 Å². The van der Waals surface area contributed by atoms with Crippen molar-refractivity contribution < 1.29 is 9.59 Å². The van der Waals surface area contributed by atoms with Crippen LogP contribution in [0.25, 0.3) is 0 Å². The van der Waals surface area contributed by atoms with Crippen LogP contribution in [0, 0.1) is 0 Å². The molecule has 3 aromatic rings. The van der Waals surface area contributed by atoms with Crippen molar-refractivity contribution >= 4 is 51.3 Å². The number of thioether (sulfide) groups is 1. The maximum Gasteiger partial charge on any atom is 0.251 e. The number of aromatic nitrogens is 3. The number of primary amides is 1. The third kappa shape index (κ3) is 4.10. The van der Waals surface area contributed by atoms with Crippen LogP contribution in [0.5, 0.6) is 0 Å². The van der Waals surface area contributed by atoms with E-state index in [2.05, 4.69) is 21.6 Å². The quantitative estimate of drug-likeness (QED) is 0.541. The van der Waals surface area contributed by atoms with Gasteiger partial charge in [-0.25, -0.2) is 0 Å². The molecule has 0 aliphatic heterocycles. The van der Waals surface area contributed by atoms with Crippen molar-refractivity contribution in [1.29, 1.82) is 0 Å². The zero-order chi connectivity index (χ0) is 20.5. The molecule has 0 bridgehead atoms. The molecule has 3 N–H and O–H groups in total. The van der Waals surface area contributed by atoms with Crippen molar-refractivity contribution in [2.24, 2.45) is 12.8 Å². The fourth-order valence-corrected chi connectivity index (χ4v) is 6.18. The van der Waals surface area contributed by atoms with E-state index in [0.717, 1.165) is 35.5 Å². The van der Waals surface area contributed by atoms with Crippen LogP contribution in [-0.2, 0) is 31.1 Å². The molecule has 2 amide bonds. The Balaban J connectivity index is 1.44. The highest BCUT2D eigenvalue weighted by atomic mass is 32.2. The maximum atomic E-state index is 12.8. The number of fused-ring (bicyclic) bond motifs is 1. The average Bonchev–Trinajstić information content (AvgIpc) is 3.43. The van der Waals surface area contributed by atoms with Gasteiger partial charge in [-0.2, -0.15) is 0 Å². The third-order valence-corrected chi connectivity index (χ3v) is 8.11. The summed E-state index contributed by atoms with van der Waals surface area (Å²) in [6.45, 7) is 1.82. The Morgan fingerprint density at radius 2 is 2.21 bits per heavy atom. The third-order valence-electron chi connectivity index (χ3n) is 4.89. The molecule has 1 unspecified atom stereocenters. The molecule has 0 spiro atoms. The molecule has 152 valence electrons. The van der Waals surface area contributed by atoms with E-state index in [1.165, 1.54) is 28.0 Å². The van der Waals surface area contributed by atoms with Gasteiger partial charge in [-0.3, -0.25) is 9.59 Å². The lowest BCUT2D eigenvalue weighted by atomic mass is 10.1. The molecular formula is C19H21N5O2S3. The normalized spacial score (nSPS) is 14.0. The number of nitrogens with one attached hydrogen (secondary N) is 1. The Hall–Kier alpha value is -2.17. The number of nitrogens with two attached hydrogens (primary N) is 1. The summed E-state index contributed by atoms with van der Waals surface area (Å²) in [5.41, 5.74) is 7.06. The number of anilines is 1. The van der Waals surface area contributed by atoms with E-state index in [1.54, 1.807) is 11.3 Å². The van der Waals surface area contributed by atoms with Gasteiger partial charge in [0.1, 0.15) is 10.8 Å². The number of nitrogens with zero attached hydrogens (tertiary/aromatic N) is 3. The molecule has 1 aliphatic carbocycles. The first-order valence-electron chi connectivity index (χ1n) is 9.26. The van der Waals surface area contributed by atoms with Crippen LogP contribution >= 0.6 is 34.4 Å². The number of rotatable bonds is 7. The minimum atomic E-state index is -0.480. The highest BCUT2D eigenvalue weighted by molar-refractivity contribution is 8.00. The predicted molar refractivity (Wildman–Crippen MR) is 117 cm³/mol. The Morgan fingerprint density at radius 1 is 1.38 bits per heavy atom. The maximum absolute atomic E-state index is 12.8. The highest BCUT2D eigenvalue weighted by Crippen LogP contribution is 2.39. The minimum absolute atomic E-state index is 0.180. The first kappa shape index (κ1) is 20.1. The van der Waals surface area contributed by atoms with Gasteiger partial charge in [0.05, 0.1) is 10.8 Å². The Kier molecular flexibility index (Phi) is 5.75. The molecule has 0 fully saturated rings. The second-order valence-electron chi connectivity index (χ2n) is 6.89. The lowest BCUT2D eigenvalue weighted by Gasteiger charge is -2.12. The fraction of sp³-hybridized carbons (Fsp3) is 0.368. The summed E-state index contributed by atoms with van der Waals surface area (Å²) in [6.07, 6.45) is 3.52. The van der Waals surface area contributed by atoms with Crippen molar-refractivity contribution in [2.45, 2.75) is 43.0 Å². The van der Waals surface area contributed by atoms with Crippen LogP contribution in [-0.4, -0.2) is 31.8 Å². The van der Waals surface area contributed by atoms with Crippen LogP contribution in [0.1, 0.15) is 44.8 Å². The van der Waals surface area contributed by atoms with Crippen LogP contribution in [0.4, 0.5) is 5.00 Å². The number of hydrogen-bond donors (Lipinski definition) is 2. The molecular weight excluding hydrogens is 426 g/mol. The average molecular weight is 448 g/mol. The summed E-state index contributed by atoms with van der Waals surface area (Å²) < 4.78 is 1.92. The number of thiophene rings is 2. The molecule has 4 rings (SSSR count). The van der Waals surface area contributed by atoms with Crippen LogP contribution in [0.15, 0.2) is 22.7 Å². The second-order valence-corrected chi connectivity index (χ2v) is 10.3. The van der Waals surface area contributed by atoms with Gasteiger partial charge in [0, 0.05) is 23.2 Å². The summed E-state index contributed by atoms with van der Waals surface area (Å²) in [4.78, 5) is 27.0. The number of carbonyl (C=O) groups excluding carboxylic acids is 2. The lowest BCUT2D eigenvalue weighted by Crippen LogP contribution is -2.24. The van der Waals surface area contributed by atoms with E-state index in [9.17, 15) is 9.59 Å². The second kappa shape index (κ2) is 8.29. The molecule has 29 heavy (non-hydrogen) atoms. The lowest BCUT2D eigenvalue weighted by molar-refractivity contribution is -0.115. The zero-order valence-electron chi connectivity index (χ0n) is 16.1. The predicted octanol–water partition coefficient (Wildman–Crippen LogP) is 3.24. The van der Waals surface area contributed by atoms with Crippen molar-refractivity contribution in [3.63, 3.8) is 0 Å². The molecule has 3 aromatic heterocycles. The van der Waals surface area contributed by atoms with Crippen molar-refractivity contribution in [3.8, 4) is 0 Å². The topological polar surface area (TPSA) is 103 Å². The van der Waals surface area contributed by atoms with Gasteiger partial charge in [0.15, 0.2) is 5.16 Å². The zero-order valence-corrected chi connectivity index (χ0v) is 18.5. The number of aryl methyl sites for hydroxylation is 1. The molecule has 10 heteroatoms. The van der Waals surface area contributed by atoms with Gasteiger partial charge in [0.25, 0.3) is 5.91 Å². The fourth-order valence-electron chi connectivity index (χ4n) is 3.35. The summed E-state index contributed by atoms with van der Waals surface area (Å²) in [5.74, 6) is 0.194. The molecule has 3 heterocycles. The first-order chi connectivity index (χ1) is 13.9. The van der Waals surface area contributed by atoms with Gasteiger partial charge in [-0.15, -0.1) is 32.9 Å². The van der Waals surface area contributed by atoms with E-state index < -0.39 is 11.2 Å². The van der Waals surface area contributed by atoms with Crippen molar-refractivity contribution in [1.82, 2.24) is 14.8 Å². The number of amides is 2. The molecule has 1 aliphatic rings. The molecule has 0 saturated carbocycles. The SMILES string of the molecule is CC(Sc1nnc(Cc2cccs2)n1C)C(=O)Nc1sc2c(c1C(N)=O)CCC2. The number of carbonyl (C=O) groups is 2. The largest absolute Gasteiger partial charge is 0.365 e. The van der Waals surface area contributed by atoms with E-state index in [4.69, 9.17) is 5.73 Å². The van der Waals surface area contributed by atoms with Crippen LogP contribution < -0.4 is 11.1 Å². The monoisotopic (exact) mass is 447 g/mol. The van der Waals surface area contributed by atoms with Crippen molar-refractivity contribution in [3.05, 3.63) is 44.2 Å². The molecule has 7 nitrogen and oxygen atoms in total. The minimum Gasteiger partial charge on any atom is -0.365 e. The molecule has 0 aromatic carbocycles. The number of hydrogen-bond acceptors (Lipinski definition) is 7. The van der Waals surface area contributed by atoms with E-state index in [1.807, 2.05) is 30.0 Å². The van der Waals surface area contributed by atoms with Gasteiger partial charge >= 0.3 is 0 Å². The first-order valence-corrected chi connectivity index (χ1v) is 11.8. The van der Waals surface area contributed by atoms with Crippen LogP contribution in [0.3, 0.4) is 0 Å². The summed E-state index contributed by atoms with van der Waals surface area (Å²) in [7, 11) is 1.91. The standard InChI is InChI=1S/C19H21N5O2S3/c1-10(28-19-23-22-14(24(19)2)9-11-5-4-8-27-11)17(26)21-18-15(16(20)25)12-6-3-7-13(12)29-18/h4-5,8,10H,3,6-7,9H2,1-2H3,(H2,20,25)(H,21,26). The Labute approximate surface area is 180 Å². The summed E-state index contributed by atoms with van der Waals surface area (Å²) in [5, 5.41) is 14.3. The molecule has 1 atom stereocenters. The van der Waals surface area contributed by atoms with E-state index >= 15 is 0 Å². The highest BCUT2D eigenvalue weighted by Gasteiger charge is 2.27. The van der Waals surface area contributed by atoms with E-state index in [-0.39, 0.29) is 5.91 Å². The summed E-state index contributed by atoms with van der Waals surface area (Å²) in [6, 6.07) is 4.08. The van der Waals surface area contributed by atoms with Gasteiger partial charge < -0.3 is 15.6 Å². The van der Waals surface area contributed by atoms with E-state index in [0.29, 0.717) is 22.1 Å². The molecule has 0 saturated heterocycles. The van der Waals surface area contributed by atoms with Crippen molar-refractivity contribution in [2.75, 3.05) is 5.32 Å². The smallest absolute Gasteiger partial charge is 0.251 e. The van der Waals surface area contributed by atoms with Crippen LogP contribution in [0.2, 0.25) is 0 Å². The Bertz CT molecular complexity index is 1050. The summed E-state index contributed by atoms with van der Waals surface area (Å²) >= 11 is 4.49. The molecule has 0 radical (unpaired) electrons.